The van der Waals surface area contributed by atoms with Gasteiger partial charge in [-0.15, -0.1) is 0 Å². The van der Waals surface area contributed by atoms with E-state index in [4.69, 9.17) is 8.85 Å². The summed E-state index contributed by atoms with van der Waals surface area (Å²) in [5.41, 5.74) is 3.53. The first-order valence-corrected chi connectivity index (χ1v) is 18.3. The fraction of sp³-hybridized carbons (Fsp3) is 0.481. The van der Waals surface area contributed by atoms with Crippen LogP contribution in [0.2, 0.25) is 36.3 Å². The van der Waals surface area contributed by atoms with E-state index in [1.165, 1.54) is 11.1 Å². The number of rotatable bonds is 7. The van der Waals surface area contributed by atoms with Crippen molar-refractivity contribution >= 4 is 44.2 Å². The van der Waals surface area contributed by atoms with Gasteiger partial charge in [0.1, 0.15) is 11.5 Å². The van der Waals surface area contributed by atoms with Gasteiger partial charge >= 0.3 is 0 Å². The second-order valence-electron chi connectivity index (χ2n) is 11.6. The molecule has 2 aromatic carbocycles. The normalized spacial score (nSPS) is 13.8. The Morgan fingerprint density at radius 2 is 1.22 bits per heavy atom. The quantitative estimate of drug-likeness (QED) is 0.200. The summed E-state index contributed by atoms with van der Waals surface area (Å²) in [7, 11) is -3.96. The summed E-state index contributed by atoms with van der Waals surface area (Å²) in [5, 5.41) is 1.01. The predicted molar refractivity (Wildman–Crippen MR) is 150 cm³/mol. The fourth-order valence-electron chi connectivity index (χ4n) is 2.72. The molecule has 0 bridgehead atoms. The molecule has 0 aliphatic rings. The molecule has 2 aromatic rings. The van der Waals surface area contributed by atoms with Gasteiger partial charge in [-0.1, -0.05) is 93.9 Å². The Kier molecular flexibility index (Phi) is 8.34. The average molecular weight is 534 g/mol. The zero-order valence-corrected chi connectivity index (χ0v) is 25.2. The van der Waals surface area contributed by atoms with Crippen molar-refractivity contribution in [1.29, 1.82) is 0 Å². The van der Waals surface area contributed by atoms with Gasteiger partial charge in [-0.2, -0.15) is 0 Å². The summed E-state index contributed by atoms with van der Waals surface area (Å²) in [6.45, 7) is 22.8. The van der Waals surface area contributed by atoms with E-state index in [-0.39, 0.29) is 10.1 Å². The lowest BCUT2D eigenvalue weighted by atomic mass is 10.0. The predicted octanol–water partition coefficient (Wildman–Crippen LogP) is 9.39. The first-order valence-electron chi connectivity index (χ1n) is 11.4. The molecule has 0 saturated carbocycles. The summed E-state index contributed by atoms with van der Waals surface area (Å²) in [6, 6.07) is 16.9. The van der Waals surface area contributed by atoms with Gasteiger partial charge in [-0.05, 0) is 65.1 Å². The number of alkyl halides is 1. The number of halogens is 1. The van der Waals surface area contributed by atoms with Crippen molar-refractivity contribution in [3.05, 3.63) is 59.7 Å². The lowest BCUT2D eigenvalue weighted by molar-refractivity contribution is 0.474. The lowest BCUT2D eigenvalue weighted by Gasteiger charge is -2.38. The molecule has 0 aromatic heterocycles. The van der Waals surface area contributed by atoms with Gasteiger partial charge in [-0.25, -0.2) is 0 Å². The van der Waals surface area contributed by atoms with E-state index in [0.717, 1.165) is 22.4 Å². The van der Waals surface area contributed by atoms with Crippen molar-refractivity contribution in [3.63, 3.8) is 0 Å². The maximum absolute atomic E-state index is 6.72. The molecule has 0 N–H and O–H groups in total. The highest BCUT2D eigenvalue weighted by molar-refractivity contribution is 9.09. The third-order valence-electron chi connectivity index (χ3n) is 6.89. The van der Waals surface area contributed by atoms with Crippen LogP contribution >= 0.6 is 15.9 Å². The number of benzene rings is 2. The van der Waals surface area contributed by atoms with Gasteiger partial charge in [0.05, 0.1) is 0 Å². The second-order valence-corrected chi connectivity index (χ2v) is 21.6. The molecule has 0 atom stereocenters. The Hall–Kier alpha value is -1.31. The van der Waals surface area contributed by atoms with Gasteiger partial charge in [-0.3, -0.25) is 0 Å². The van der Waals surface area contributed by atoms with E-state index >= 15 is 0 Å². The van der Waals surface area contributed by atoms with Crippen LogP contribution in [0, 0.1) is 0 Å². The van der Waals surface area contributed by atoms with Crippen LogP contribution in [0.3, 0.4) is 0 Å². The Morgan fingerprint density at radius 1 is 0.781 bits per heavy atom. The fourth-order valence-corrected chi connectivity index (χ4v) is 5.23. The molecule has 0 amide bonds. The minimum absolute atomic E-state index is 0.127. The molecule has 0 saturated heterocycles. The van der Waals surface area contributed by atoms with Crippen LogP contribution in [0.5, 0.6) is 11.5 Å². The van der Waals surface area contributed by atoms with E-state index < -0.39 is 16.6 Å². The van der Waals surface area contributed by atoms with Gasteiger partial charge < -0.3 is 8.85 Å². The van der Waals surface area contributed by atoms with Crippen LogP contribution in [0.1, 0.15) is 52.7 Å². The second kappa shape index (κ2) is 9.90. The summed E-state index contributed by atoms with van der Waals surface area (Å²) >= 11 is 3.71. The number of hydrogen-bond donors (Lipinski definition) is 0. The van der Waals surface area contributed by atoms with Crippen LogP contribution in [-0.4, -0.2) is 22.0 Å². The van der Waals surface area contributed by atoms with E-state index in [1.54, 1.807) is 0 Å². The highest BCUT2D eigenvalue weighted by atomic mass is 79.9. The summed E-state index contributed by atoms with van der Waals surface area (Å²) in [5.74, 6) is 1.81. The van der Waals surface area contributed by atoms with Crippen LogP contribution in [0.15, 0.2) is 48.5 Å². The molecule has 0 heterocycles. The van der Waals surface area contributed by atoms with Crippen molar-refractivity contribution in [2.24, 2.45) is 0 Å². The van der Waals surface area contributed by atoms with Crippen molar-refractivity contribution in [2.45, 2.75) is 77.8 Å². The van der Waals surface area contributed by atoms with Crippen molar-refractivity contribution in [1.82, 2.24) is 0 Å². The molecule has 0 spiro atoms. The third kappa shape index (κ3) is 6.85. The topological polar surface area (TPSA) is 18.5 Å². The average Bonchev–Trinajstić information content (AvgIpc) is 2.64. The molecule has 2 rings (SSSR count). The van der Waals surface area contributed by atoms with Gasteiger partial charge in [0.25, 0.3) is 0 Å². The first-order chi connectivity index (χ1) is 14.6. The first kappa shape index (κ1) is 26.9. The maximum atomic E-state index is 6.72. The van der Waals surface area contributed by atoms with Crippen molar-refractivity contribution < 1.29 is 8.85 Å². The third-order valence-corrected chi connectivity index (χ3v) is 16.2. The highest BCUT2D eigenvalue weighted by Crippen LogP contribution is 2.41. The molecule has 32 heavy (non-hydrogen) atoms. The van der Waals surface area contributed by atoms with Crippen LogP contribution in [-0.2, 0) is 0 Å². The van der Waals surface area contributed by atoms with E-state index in [0.29, 0.717) is 0 Å². The number of allylic oxidation sites excluding steroid dienone is 1. The summed E-state index contributed by atoms with van der Waals surface area (Å²) in [6.07, 6.45) is 2.23. The summed E-state index contributed by atoms with van der Waals surface area (Å²) in [4.78, 5) is 0. The summed E-state index contributed by atoms with van der Waals surface area (Å²) < 4.78 is 13.4. The van der Waals surface area contributed by atoms with E-state index in [1.807, 2.05) is 6.07 Å². The monoisotopic (exact) mass is 532 g/mol. The van der Waals surface area contributed by atoms with Crippen LogP contribution in [0.4, 0.5) is 0 Å². The van der Waals surface area contributed by atoms with Crippen LogP contribution < -0.4 is 8.85 Å². The molecule has 0 aliphatic heterocycles. The Balaban J connectivity index is 2.58. The molecule has 0 aliphatic carbocycles. The molecule has 0 unspecified atom stereocenters. The minimum atomic E-state index is -1.98. The van der Waals surface area contributed by atoms with E-state index in [9.17, 15) is 0 Å². The Morgan fingerprint density at radius 3 is 1.59 bits per heavy atom. The molecule has 5 heteroatoms. The Bertz CT molecular complexity index is 890. The molecule has 176 valence electrons. The molecular weight excluding hydrogens is 492 g/mol. The van der Waals surface area contributed by atoms with Gasteiger partial charge in [0.2, 0.25) is 16.6 Å². The van der Waals surface area contributed by atoms with E-state index in [2.05, 4.69) is 132 Å². The minimum Gasteiger partial charge on any atom is -0.543 e. The molecule has 0 radical (unpaired) electrons. The van der Waals surface area contributed by atoms with Crippen molar-refractivity contribution in [2.75, 3.05) is 5.33 Å². The molecular formula is C27H41BrO2Si2. The lowest BCUT2D eigenvalue weighted by Crippen LogP contribution is -2.44. The standard InChI is InChI=1S/C27H41BrO2Si2/c1-26(2,3)31(7,8)29-24-17-22(23(20-28)16-21-14-12-11-13-15-21)18-25(19-24)30-32(9,10)27(4,5)6/h11-19H,20H2,1-10H3. The molecule has 2 nitrogen and oxygen atoms in total. The highest BCUT2D eigenvalue weighted by Gasteiger charge is 2.40. The Labute approximate surface area is 206 Å². The van der Waals surface area contributed by atoms with Crippen LogP contribution in [0.25, 0.3) is 11.6 Å². The van der Waals surface area contributed by atoms with Gasteiger partial charge in [0.15, 0.2) is 0 Å². The van der Waals surface area contributed by atoms with Gasteiger partial charge in [0, 0.05) is 11.4 Å². The largest absolute Gasteiger partial charge is 0.543 e. The maximum Gasteiger partial charge on any atom is 0.250 e. The zero-order chi connectivity index (χ0) is 24.4. The number of hydrogen-bond acceptors (Lipinski definition) is 2. The van der Waals surface area contributed by atoms with Crippen molar-refractivity contribution in [3.8, 4) is 11.5 Å². The zero-order valence-electron chi connectivity index (χ0n) is 21.6. The molecule has 0 fully saturated rings. The smallest absolute Gasteiger partial charge is 0.250 e. The SMILES string of the molecule is CC(C)(C)[Si](C)(C)Oc1cc(O[Si](C)(C)C(C)(C)C)cc(C(=Cc2ccccc2)CBr)c1.